The Balaban J connectivity index is 1.03. The van der Waals surface area contributed by atoms with Gasteiger partial charge in [-0.1, -0.05) is 98.8 Å². The van der Waals surface area contributed by atoms with E-state index in [2.05, 4.69) is 0 Å². The number of benzene rings is 6. The molecular formula is C48H46N2O8. The van der Waals surface area contributed by atoms with Gasteiger partial charge in [0.2, 0.25) is 11.8 Å². The van der Waals surface area contributed by atoms with E-state index in [9.17, 15) is 29.4 Å². The highest BCUT2D eigenvalue weighted by Gasteiger charge is 2.64. The minimum atomic E-state index is -1.49. The van der Waals surface area contributed by atoms with E-state index in [1.54, 1.807) is 24.3 Å². The number of amides is 2. The highest BCUT2D eigenvalue weighted by molar-refractivity contribution is 5.99. The lowest BCUT2D eigenvalue weighted by Gasteiger charge is -2.48. The number of ether oxygens (including phenoxy) is 2. The summed E-state index contributed by atoms with van der Waals surface area (Å²) in [5, 5.41) is 25.2. The van der Waals surface area contributed by atoms with Gasteiger partial charge in [0.15, 0.2) is 0 Å². The molecule has 10 nitrogen and oxygen atoms in total. The molecule has 0 bridgehead atoms. The summed E-state index contributed by atoms with van der Waals surface area (Å²) >= 11 is 0. The highest BCUT2D eigenvalue weighted by atomic mass is 16.5. The molecule has 6 aromatic rings. The molecule has 7 rings (SSSR count). The third kappa shape index (κ3) is 8.66. The lowest BCUT2D eigenvalue weighted by molar-refractivity contribution is -0.187. The molecule has 1 aliphatic carbocycles. The number of hydrogen-bond donors (Lipinski definition) is 2. The molecule has 2 amide bonds. The van der Waals surface area contributed by atoms with Gasteiger partial charge in [0.25, 0.3) is 0 Å². The van der Waals surface area contributed by atoms with Gasteiger partial charge in [0.1, 0.15) is 23.0 Å². The molecule has 1 fully saturated rings. The normalized spacial score (nSPS) is 17.3. The summed E-state index contributed by atoms with van der Waals surface area (Å²) in [5.74, 6) is -7.13. The Morgan fingerprint density at radius 1 is 0.466 bits per heavy atom. The van der Waals surface area contributed by atoms with Gasteiger partial charge >= 0.3 is 11.9 Å². The Kier molecular flexibility index (Phi) is 12.0. The van der Waals surface area contributed by atoms with E-state index >= 15 is 0 Å². The van der Waals surface area contributed by atoms with Crippen molar-refractivity contribution in [2.45, 2.75) is 39.8 Å². The molecule has 0 spiro atoms. The average Bonchev–Trinajstić information content (AvgIpc) is 3.21. The zero-order valence-electron chi connectivity index (χ0n) is 32.5. The molecule has 0 unspecified atom stereocenters. The maximum atomic E-state index is 14.2. The SMILES string of the molecule is CCCN(Cc1ccc(Oc2ccc3ccccc3c2)cc1)C(=O)C1C(C(=O)O)C(C(=O)N(CCC)Cc2ccc(Oc3ccc4ccccc4c3)cc2)C1C(=O)O. The number of nitrogens with zero attached hydrogens (tertiary/aromatic N) is 2. The van der Waals surface area contributed by atoms with E-state index in [4.69, 9.17) is 9.47 Å². The highest BCUT2D eigenvalue weighted by Crippen LogP contribution is 2.49. The smallest absolute Gasteiger partial charge is 0.308 e. The summed E-state index contributed by atoms with van der Waals surface area (Å²) in [6, 6.07) is 42.2. The summed E-state index contributed by atoms with van der Waals surface area (Å²) in [7, 11) is 0. The fraction of sp³-hybridized carbons (Fsp3) is 0.250. The van der Waals surface area contributed by atoms with Crippen LogP contribution < -0.4 is 9.47 Å². The fourth-order valence-corrected chi connectivity index (χ4v) is 7.97. The van der Waals surface area contributed by atoms with Crippen LogP contribution in [0.1, 0.15) is 37.8 Å². The molecule has 6 aromatic carbocycles. The largest absolute Gasteiger partial charge is 0.481 e. The number of carboxylic acids is 2. The number of hydrogen-bond acceptors (Lipinski definition) is 6. The van der Waals surface area contributed by atoms with Crippen LogP contribution in [0.5, 0.6) is 23.0 Å². The summed E-state index contributed by atoms with van der Waals surface area (Å²) in [4.78, 5) is 57.0. The van der Waals surface area contributed by atoms with Gasteiger partial charge in [0, 0.05) is 26.2 Å². The first-order valence-corrected chi connectivity index (χ1v) is 19.7. The van der Waals surface area contributed by atoms with Crippen molar-refractivity contribution in [3.8, 4) is 23.0 Å². The van der Waals surface area contributed by atoms with Crippen LogP contribution in [0.4, 0.5) is 0 Å². The van der Waals surface area contributed by atoms with Crippen LogP contribution in [0, 0.1) is 23.7 Å². The van der Waals surface area contributed by atoms with Crippen LogP contribution in [0.3, 0.4) is 0 Å². The van der Waals surface area contributed by atoms with E-state index in [0.29, 0.717) is 35.8 Å². The van der Waals surface area contributed by atoms with Crippen LogP contribution >= 0.6 is 0 Å². The number of aliphatic carboxylic acids is 2. The standard InChI is InChI=1S/C48H46N2O8/c1-3-25-49(29-31-13-19-37(20-14-31)57-39-23-17-33-9-5-7-11-35(33)27-39)45(51)41-43(47(53)54)42(44(41)48(55)56)46(52)50(26-4-2)30-32-15-21-38(22-16-32)58-40-24-18-34-10-6-8-12-36(34)28-40/h5-24,27-28,41-44H,3-4,25-26,29-30H2,1-2H3,(H,53,54)(H,55,56). The Morgan fingerprint density at radius 3 is 1.16 bits per heavy atom. The molecule has 10 heteroatoms. The van der Waals surface area contributed by atoms with Crippen molar-refractivity contribution in [3.05, 3.63) is 145 Å². The first-order valence-electron chi connectivity index (χ1n) is 19.7. The Bertz CT molecular complexity index is 2250. The molecule has 0 radical (unpaired) electrons. The number of carbonyl (C=O) groups excluding carboxylic acids is 2. The second-order valence-electron chi connectivity index (χ2n) is 14.8. The second-order valence-corrected chi connectivity index (χ2v) is 14.8. The molecule has 2 N–H and O–H groups in total. The van der Waals surface area contributed by atoms with Gasteiger partial charge < -0.3 is 29.5 Å². The van der Waals surface area contributed by atoms with Crippen LogP contribution in [-0.2, 0) is 32.3 Å². The molecule has 0 aliphatic heterocycles. The van der Waals surface area contributed by atoms with E-state index in [0.717, 1.165) is 32.7 Å². The molecular weight excluding hydrogens is 733 g/mol. The predicted octanol–water partition coefficient (Wildman–Crippen LogP) is 9.40. The summed E-state index contributed by atoms with van der Waals surface area (Å²) in [6.07, 6.45) is 1.13. The zero-order valence-corrected chi connectivity index (χ0v) is 32.5. The van der Waals surface area contributed by atoms with Gasteiger partial charge in [-0.2, -0.15) is 0 Å². The van der Waals surface area contributed by atoms with Crippen molar-refractivity contribution in [1.82, 2.24) is 9.80 Å². The minimum Gasteiger partial charge on any atom is -0.481 e. The maximum absolute atomic E-state index is 14.2. The second kappa shape index (κ2) is 17.6. The van der Waals surface area contributed by atoms with Crippen molar-refractivity contribution >= 4 is 45.3 Å². The zero-order chi connectivity index (χ0) is 40.8. The molecule has 1 aliphatic rings. The van der Waals surface area contributed by atoms with Gasteiger partial charge in [-0.05, 0) is 94.0 Å². The van der Waals surface area contributed by atoms with Crippen LogP contribution in [-0.4, -0.2) is 56.9 Å². The van der Waals surface area contributed by atoms with Gasteiger partial charge in [0.05, 0.1) is 23.7 Å². The van der Waals surface area contributed by atoms with E-state index < -0.39 is 47.4 Å². The van der Waals surface area contributed by atoms with Crippen LogP contribution in [0.15, 0.2) is 133 Å². The molecule has 0 saturated heterocycles. The molecule has 0 heterocycles. The predicted molar refractivity (Wildman–Crippen MR) is 222 cm³/mol. The molecule has 1 saturated carbocycles. The van der Waals surface area contributed by atoms with Gasteiger partial charge in [-0.3, -0.25) is 19.2 Å². The van der Waals surface area contributed by atoms with Crippen molar-refractivity contribution in [3.63, 3.8) is 0 Å². The number of rotatable bonds is 16. The first-order chi connectivity index (χ1) is 28.1. The number of carbonyl (C=O) groups is 4. The minimum absolute atomic E-state index is 0.138. The summed E-state index contributed by atoms with van der Waals surface area (Å²) in [6.45, 7) is 4.62. The summed E-state index contributed by atoms with van der Waals surface area (Å²) < 4.78 is 12.2. The van der Waals surface area contributed by atoms with E-state index in [1.165, 1.54) is 9.80 Å². The van der Waals surface area contributed by atoms with Crippen molar-refractivity contribution in [2.75, 3.05) is 13.1 Å². The molecule has 58 heavy (non-hydrogen) atoms. The Morgan fingerprint density at radius 2 is 0.810 bits per heavy atom. The number of carboxylic acid groups (broad SMARTS) is 2. The third-order valence-corrected chi connectivity index (χ3v) is 10.8. The van der Waals surface area contributed by atoms with Crippen LogP contribution in [0.2, 0.25) is 0 Å². The fourth-order valence-electron chi connectivity index (χ4n) is 7.97. The lowest BCUT2D eigenvalue weighted by Crippen LogP contribution is -2.64. The number of fused-ring (bicyclic) bond motifs is 2. The molecule has 0 atom stereocenters. The van der Waals surface area contributed by atoms with Gasteiger partial charge in [-0.15, -0.1) is 0 Å². The average molecular weight is 779 g/mol. The van der Waals surface area contributed by atoms with E-state index in [-0.39, 0.29) is 26.2 Å². The maximum Gasteiger partial charge on any atom is 0.308 e. The monoisotopic (exact) mass is 778 g/mol. The van der Waals surface area contributed by atoms with Crippen molar-refractivity contribution in [1.29, 1.82) is 0 Å². The summed E-state index contributed by atoms with van der Waals surface area (Å²) in [5.41, 5.74) is 1.53. The van der Waals surface area contributed by atoms with Crippen LogP contribution in [0.25, 0.3) is 21.5 Å². The third-order valence-electron chi connectivity index (χ3n) is 10.8. The lowest BCUT2D eigenvalue weighted by atomic mass is 9.55. The van der Waals surface area contributed by atoms with E-state index in [1.807, 2.05) is 123 Å². The Hall–Kier alpha value is -6.68. The van der Waals surface area contributed by atoms with Crippen molar-refractivity contribution in [2.24, 2.45) is 23.7 Å². The quantitative estimate of drug-likeness (QED) is 0.0993. The molecule has 0 aromatic heterocycles. The Labute approximate surface area is 337 Å². The first kappa shape index (κ1) is 39.6. The van der Waals surface area contributed by atoms with Crippen molar-refractivity contribution < 1.29 is 38.9 Å². The topological polar surface area (TPSA) is 134 Å². The van der Waals surface area contributed by atoms with Gasteiger partial charge in [-0.25, -0.2) is 0 Å². The molecule has 296 valence electrons.